The van der Waals surface area contributed by atoms with Crippen LogP contribution in [0.2, 0.25) is 5.02 Å². The molecule has 0 aliphatic carbocycles. The van der Waals surface area contributed by atoms with Crippen LogP contribution in [-0.4, -0.2) is 6.54 Å². The third kappa shape index (κ3) is 3.42. The summed E-state index contributed by atoms with van der Waals surface area (Å²) < 4.78 is 13.9. The number of benzene rings is 2. The first kappa shape index (κ1) is 14.7. The molecule has 106 valence electrons. The van der Waals surface area contributed by atoms with Crippen LogP contribution in [0.1, 0.15) is 18.9 Å². The van der Waals surface area contributed by atoms with Crippen LogP contribution >= 0.6 is 11.6 Å². The molecule has 2 N–H and O–H groups in total. The monoisotopic (exact) mass is 292 g/mol. The third-order valence-electron chi connectivity index (χ3n) is 3.15. The largest absolute Gasteiger partial charge is 0.397 e. The summed E-state index contributed by atoms with van der Waals surface area (Å²) >= 11 is 5.78. The van der Waals surface area contributed by atoms with Gasteiger partial charge in [0.05, 0.1) is 11.4 Å². The highest BCUT2D eigenvalue weighted by Gasteiger charge is 2.12. The van der Waals surface area contributed by atoms with Gasteiger partial charge < -0.3 is 10.6 Å². The van der Waals surface area contributed by atoms with E-state index in [-0.39, 0.29) is 5.82 Å². The van der Waals surface area contributed by atoms with Gasteiger partial charge in [-0.15, -0.1) is 0 Å². The normalized spacial score (nSPS) is 10.6. The zero-order chi connectivity index (χ0) is 14.5. The molecule has 0 saturated heterocycles. The molecule has 0 spiro atoms. The number of anilines is 2. The maximum Gasteiger partial charge on any atom is 0.129 e. The first-order valence-corrected chi connectivity index (χ1v) is 7.03. The number of hydrogen-bond donors (Lipinski definition) is 1. The van der Waals surface area contributed by atoms with Gasteiger partial charge in [0.1, 0.15) is 5.82 Å². The zero-order valence-corrected chi connectivity index (χ0v) is 12.2. The van der Waals surface area contributed by atoms with Crippen molar-refractivity contribution in [3.05, 3.63) is 58.9 Å². The molecule has 0 unspecified atom stereocenters. The van der Waals surface area contributed by atoms with E-state index in [2.05, 4.69) is 11.8 Å². The minimum absolute atomic E-state index is 0.284. The van der Waals surface area contributed by atoms with Crippen LogP contribution in [0, 0.1) is 5.82 Å². The van der Waals surface area contributed by atoms with Gasteiger partial charge in [0.15, 0.2) is 0 Å². The van der Waals surface area contributed by atoms with Crippen molar-refractivity contribution in [2.75, 3.05) is 17.2 Å². The van der Waals surface area contributed by atoms with Gasteiger partial charge in [-0.1, -0.05) is 36.7 Å². The summed E-state index contributed by atoms with van der Waals surface area (Å²) in [6.07, 6.45) is 0.962. The molecule has 4 heteroatoms. The van der Waals surface area contributed by atoms with E-state index >= 15 is 0 Å². The summed E-state index contributed by atoms with van der Waals surface area (Å²) in [6, 6.07) is 12.4. The first-order chi connectivity index (χ1) is 9.61. The van der Waals surface area contributed by atoms with Crippen LogP contribution in [0.5, 0.6) is 0 Å². The fourth-order valence-electron chi connectivity index (χ4n) is 2.19. The minimum Gasteiger partial charge on any atom is -0.397 e. The number of hydrogen-bond acceptors (Lipinski definition) is 2. The van der Waals surface area contributed by atoms with Crippen molar-refractivity contribution < 1.29 is 4.39 Å². The van der Waals surface area contributed by atoms with Crippen molar-refractivity contribution in [2.45, 2.75) is 19.9 Å². The highest BCUT2D eigenvalue weighted by molar-refractivity contribution is 6.30. The van der Waals surface area contributed by atoms with E-state index in [1.807, 2.05) is 24.3 Å². The number of rotatable bonds is 5. The number of nitrogens with zero attached hydrogens (tertiary/aromatic N) is 1. The Morgan fingerprint density at radius 2 is 1.95 bits per heavy atom. The first-order valence-electron chi connectivity index (χ1n) is 6.65. The average Bonchev–Trinajstić information content (AvgIpc) is 2.42. The average molecular weight is 293 g/mol. The predicted molar refractivity (Wildman–Crippen MR) is 83.6 cm³/mol. The van der Waals surface area contributed by atoms with Gasteiger partial charge in [-0.2, -0.15) is 0 Å². The number of nitrogens with two attached hydrogens (primary N) is 1. The Hall–Kier alpha value is -1.74. The highest BCUT2D eigenvalue weighted by atomic mass is 35.5. The van der Waals surface area contributed by atoms with Crippen molar-refractivity contribution in [1.29, 1.82) is 0 Å². The minimum atomic E-state index is -0.284. The molecule has 2 aromatic carbocycles. The summed E-state index contributed by atoms with van der Waals surface area (Å²) in [6.45, 7) is 3.38. The van der Waals surface area contributed by atoms with Crippen LogP contribution in [0.15, 0.2) is 42.5 Å². The van der Waals surface area contributed by atoms with E-state index in [1.165, 1.54) is 6.07 Å². The van der Waals surface area contributed by atoms with Crippen LogP contribution in [-0.2, 0) is 6.54 Å². The molecule has 0 aromatic heterocycles. The van der Waals surface area contributed by atoms with Gasteiger partial charge in [-0.05, 0) is 30.7 Å². The molecule has 0 aliphatic heterocycles. The number of nitrogen functional groups attached to an aromatic ring is 1. The Kier molecular flexibility index (Phi) is 4.85. The fraction of sp³-hybridized carbons (Fsp3) is 0.250. The molecule has 2 aromatic rings. The molecular formula is C16H18ClFN2. The van der Waals surface area contributed by atoms with Gasteiger partial charge in [-0.25, -0.2) is 4.39 Å². The second kappa shape index (κ2) is 6.62. The number of para-hydroxylation sites is 2. The molecule has 20 heavy (non-hydrogen) atoms. The maximum absolute atomic E-state index is 13.9. The molecule has 0 bridgehead atoms. The lowest BCUT2D eigenvalue weighted by atomic mass is 10.1. The lowest BCUT2D eigenvalue weighted by Crippen LogP contribution is -2.25. The molecule has 0 atom stereocenters. The Labute approximate surface area is 124 Å². The van der Waals surface area contributed by atoms with Gasteiger partial charge in [0.25, 0.3) is 0 Å². The van der Waals surface area contributed by atoms with Crippen molar-refractivity contribution in [1.82, 2.24) is 0 Å². The van der Waals surface area contributed by atoms with Crippen molar-refractivity contribution >= 4 is 23.0 Å². The van der Waals surface area contributed by atoms with E-state index in [0.717, 1.165) is 18.7 Å². The molecule has 0 fully saturated rings. The smallest absolute Gasteiger partial charge is 0.129 e. The fourth-order valence-corrected chi connectivity index (χ4v) is 2.34. The Morgan fingerprint density at radius 1 is 1.20 bits per heavy atom. The summed E-state index contributed by atoms with van der Waals surface area (Å²) in [5.74, 6) is -0.284. The zero-order valence-electron chi connectivity index (χ0n) is 11.4. The highest BCUT2D eigenvalue weighted by Crippen LogP contribution is 2.25. The van der Waals surface area contributed by atoms with Gasteiger partial charge in [0.2, 0.25) is 0 Å². The molecule has 0 amide bonds. The molecule has 2 nitrogen and oxygen atoms in total. The Bertz CT molecular complexity index is 586. The quantitative estimate of drug-likeness (QED) is 0.823. The van der Waals surface area contributed by atoms with Crippen molar-refractivity contribution in [2.24, 2.45) is 0 Å². The van der Waals surface area contributed by atoms with E-state index in [1.54, 1.807) is 12.1 Å². The molecule has 2 rings (SSSR count). The molecule has 0 saturated carbocycles. The second-order valence-corrected chi connectivity index (χ2v) is 5.15. The van der Waals surface area contributed by atoms with Crippen LogP contribution in [0.25, 0.3) is 0 Å². The van der Waals surface area contributed by atoms with Gasteiger partial charge >= 0.3 is 0 Å². The van der Waals surface area contributed by atoms with E-state index in [4.69, 9.17) is 17.3 Å². The van der Waals surface area contributed by atoms with Crippen LogP contribution in [0.3, 0.4) is 0 Å². The molecule has 0 aliphatic rings. The summed E-state index contributed by atoms with van der Waals surface area (Å²) in [5, 5.41) is 0.410. The van der Waals surface area contributed by atoms with Crippen LogP contribution in [0.4, 0.5) is 15.8 Å². The molecular weight excluding hydrogens is 275 g/mol. The lowest BCUT2D eigenvalue weighted by Gasteiger charge is -2.26. The Morgan fingerprint density at radius 3 is 2.60 bits per heavy atom. The third-order valence-corrected chi connectivity index (χ3v) is 3.38. The Balaban J connectivity index is 2.28. The number of halogens is 2. The van der Waals surface area contributed by atoms with E-state index < -0.39 is 0 Å². The van der Waals surface area contributed by atoms with E-state index in [0.29, 0.717) is 22.8 Å². The van der Waals surface area contributed by atoms with E-state index in [9.17, 15) is 4.39 Å². The van der Waals surface area contributed by atoms with Crippen molar-refractivity contribution in [3.8, 4) is 0 Å². The van der Waals surface area contributed by atoms with Gasteiger partial charge in [-0.3, -0.25) is 0 Å². The van der Waals surface area contributed by atoms with Crippen LogP contribution < -0.4 is 10.6 Å². The maximum atomic E-state index is 13.9. The molecule has 0 heterocycles. The SMILES string of the molecule is CCCN(Cc1ccc(Cl)cc1F)c1ccccc1N. The summed E-state index contributed by atoms with van der Waals surface area (Å²) in [7, 11) is 0. The summed E-state index contributed by atoms with van der Waals surface area (Å²) in [5.41, 5.74) is 8.27. The van der Waals surface area contributed by atoms with Crippen molar-refractivity contribution in [3.63, 3.8) is 0 Å². The van der Waals surface area contributed by atoms with Gasteiger partial charge in [0, 0.05) is 23.7 Å². The predicted octanol–water partition coefficient (Wildman–Crippen LogP) is 4.48. The standard InChI is InChI=1S/C16H18ClFN2/c1-2-9-20(16-6-4-3-5-15(16)19)11-12-7-8-13(17)10-14(12)18/h3-8,10H,2,9,11,19H2,1H3. The second-order valence-electron chi connectivity index (χ2n) is 4.72. The molecule has 0 radical (unpaired) electrons. The topological polar surface area (TPSA) is 29.3 Å². The lowest BCUT2D eigenvalue weighted by molar-refractivity contribution is 0.603. The summed E-state index contributed by atoms with van der Waals surface area (Å²) in [4.78, 5) is 2.08.